The molecule has 1 aromatic heterocycles. The molecule has 86 valence electrons. The van der Waals surface area contributed by atoms with Crippen LogP contribution in [0.4, 0.5) is 0 Å². The summed E-state index contributed by atoms with van der Waals surface area (Å²) in [5.74, 6) is 0. The summed E-state index contributed by atoms with van der Waals surface area (Å²) < 4.78 is 0. The van der Waals surface area contributed by atoms with Crippen molar-refractivity contribution in [1.29, 1.82) is 0 Å². The average molecular weight is 226 g/mol. The Kier molecular flexibility index (Phi) is 5.91. The van der Waals surface area contributed by atoms with E-state index in [-0.39, 0.29) is 0 Å². The van der Waals surface area contributed by atoms with Gasteiger partial charge in [0.15, 0.2) is 0 Å². The van der Waals surface area contributed by atoms with Gasteiger partial charge in [-0.3, -0.25) is 0 Å². The van der Waals surface area contributed by atoms with Gasteiger partial charge in [-0.1, -0.05) is 13.8 Å². The summed E-state index contributed by atoms with van der Waals surface area (Å²) in [6, 6.07) is 3.32. The monoisotopic (exact) mass is 226 g/mol. The Morgan fingerprint density at radius 3 is 2.67 bits per heavy atom. The van der Waals surface area contributed by atoms with Gasteiger partial charge in [0, 0.05) is 18.6 Å². The molecular weight excluding hydrogens is 204 g/mol. The molecule has 1 rings (SSSR count). The van der Waals surface area contributed by atoms with Crippen LogP contribution in [0.25, 0.3) is 0 Å². The summed E-state index contributed by atoms with van der Waals surface area (Å²) >= 11 is 1.77. The fourth-order valence-electron chi connectivity index (χ4n) is 1.38. The molecule has 0 aliphatic rings. The molecule has 0 fully saturated rings. The summed E-state index contributed by atoms with van der Waals surface area (Å²) in [5, 5.41) is 11.3. The maximum atomic E-state index is 3.52. The van der Waals surface area contributed by atoms with E-state index in [0.717, 1.165) is 19.5 Å². The first-order valence-electron chi connectivity index (χ1n) is 5.66. The molecule has 1 heterocycles. The Morgan fingerprint density at radius 2 is 2.07 bits per heavy atom. The maximum absolute atomic E-state index is 3.52. The predicted octanol–water partition coefficient (Wildman–Crippen LogP) is 2.27. The van der Waals surface area contributed by atoms with E-state index in [0.29, 0.717) is 12.1 Å². The minimum absolute atomic E-state index is 0.547. The highest BCUT2D eigenvalue weighted by atomic mass is 32.1. The normalized spacial score (nSPS) is 13.3. The van der Waals surface area contributed by atoms with Gasteiger partial charge in [0.05, 0.1) is 0 Å². The van der Waals surface area contributed by atoms with Gasteiger partial charge in [0.2, 0.25) is 0 Å². The van der Waals surface area contributed by atoms with Crippen LogP contribution in [0.5, 0.6) is 0 Å². The highest BCUT2D eigenvalue weighted by molar-refractivity contribution is 7.07. The first-order chi connectivity index (χ1) is 7.18. The molecule has 0 aliphatic carbocycles. The summed E-state index contributed by atoms with van der Waals surface area (Å²) in [6.07, 6.45) is 1.13. The lowest BCUT2D eigenvalue weighted by Crippen LogP contribution is -2.39. The van der Waals surface area contributed by atoms with Crippen molar-refractivity contribution < 1.29 is 0 Å². The van der Waals surface area contributed by atoms with Crippen molar-refractivity contribution in [1.82, 2.24) is 10.6 Å². The Hall–Kier alpha value is -0.380. The second kappa shape index (κ2) is 6.99. The van der Waals surface area contributed by atoms with E-state index in [1.807, 2.05) is 0 Å². The molecule has 0 saturated heterocycles. The zero-order valence-electron chi connectivity index (χ0n) is 9.92. The van der Waals surface area contributed by atoms with Crippen molar-refractivity contribution in [2.24, 2.45) is 0 Å². The molecule has 0 amide bonds. The fraction of sp³-hybridized carbons (Fsp3) is 0.667. The molecule has 0 spiro atoms. The van der Waals surface area contributed by atoms with E-state index in [4.69, 9.17) is 0 Å². The third kappa shape index (κ3) is 5.92. The van der Waals surface area contributed by atoms with Crippen LogP contribution in [0.2, 0.25) is 0 Å². The van der Waals surface area contributed by atoms with E-state index in [2.05, 4.69) is 48.2 Å². The van der Waals surface area contributed by atoms with Crippen LogP contribution in [-0.2, 0) is 6.42 Å². The van der Waals surface area contributed by atoms with E-state index < -0.39 is 0 Å². The highest BCUT2D eigenvalue weighted by Crippen LogP contribution is 2.05. The number of hydrogen-bond donors (Lipinski definition) is 2. The lowest BCUT2D eigenvalue weighted by Gasteiger charge is -2.16. The van der Waals surface area contributed by atoms with Crippen LogP contribution < -0.4 is 10.6 Å². The zero-order valence-corrected chi connectivity index (χ0v) is 10.7. The minimum Gasteiger partial charge on any atom is -0.313 e. The van der Waals surface area contributed by atoms with Crippen molar-refractivity contribution in [3.05, 3.63) is 22.4 Å². The van der Waals surface area contributed by atoms with Crippen molar-refractivity contribution in [2.75, 3.05) is 13.1 Å². The third-order valence-electron chi connectivity index (χ3n) is 2.32. The molecule has 0 aromatic carbocycles. The van der Waals surface area contributed by atoms with Gasteiger partial charge < -0.3 is 10.6 Å². The molecule has 1 unspecified atom stereocenters. The number of thiophene rings is 1. The van der Waals surface area contributed by atoms with Crippen LogP contribution in [0.1, 0.15) is 26.3 Å². The van der Waals surface area contributed by atoms with E-state index >= 15 is 0 Å². The summed E-state index contributed by atoms with van der Waals surface area (Å²) in [6.45, 7) is 8.69. The average Bonchev–Trinajstić information content (AvgIpc) is 2.67. The van der Waals surface area contributed by atoms with Crippen LogP contribution in [0.3, 0.4) is 0 Å². The second-order valence-corrected chi connectivity index (χ2v) is 5.08. The topological polar surface area (TPSA) is 24.1 Å². The Morgan fingerprint density at radius 1 is 1.27 bits per heavy atom. The lowest BCUT2D eigenvalue weighted by atomic mass is 10.2. The number of hydrogen-bond acceptors (Lipinski definition) is 3. The van der Waals surface area contributed by atoms with Crippen LogP contribution in [0, 0.1) is 0 Å². The summed E-state index contributed by atoms with van der Waals surface area (Å²) in [4.78, 5) is 0. The molecule has 3 heteroatoms. The SMILES string of the molecule is CC(C)NCC(C)NCCc1ccsc1. The van der Waals surface area contributed by atoms with E-state index in [1.165, 1.54) is 5.56 Å². The van der Waals surface area contributed by atoms with Crippen LogP contribution >= 0.6 is 11.3 Å². The molecule has 2 N–H and O–H groups in total. The maximum Gasteiger partial charge on any atom is 0.0164 e. The zero-order chi connectivity index (χ0) is 11.1. The fourth-order valence-corrected chi connectivity index (χ4v) is 2.09. The highest BCUT2D eigenvalue weighted by Gasteiger charge is 2.01. The minimum atomic E-state index is 0.547. The Balaban J connectivity index is 2.04. The van der Waals surface area contributed by atoms with Crippen molar-refractivity contribution in [2.45, 2.75) is 39.3 Å². The molecule has 15 heavy (non-hydrogen) atoms. The third-order valence-corrected chi connectivity index (χ3v) is 3.05. The molecule has 0 saturated carbocycles. The first kappa shape index (κ1) is 12.7. The molecule has 0 bridgehead atoms. The van der Waals surface area contributed by atoms with Gasteiger partial charge in [-0.25, -0.2) is 0 Å². The molecule has 1 atom stereocenters. The molecule has 0 radical (unpaired) electrons. The summed E-state index contributed by atoms with van der Waals surface area (Å²) in [5.41, 5.74) is 1.44. The molecule has 0 aliphatic heterocycles. The van der Waals surface area contributed by atoms with Crippen LogP contribution in [-0.4, -0.2) is 25.2 Å². The van der Waals surface area contributed by atoms with Gasteiger partial charge >= 0.3 is 0 Å². The van der Waals surface area contributed by atoms with Crippen molar-refractivity contribution in [3.8, 4) is 0 Å². The van der Waals surface area contributed by atoms with Gasteiger partial charge in [-0.2, -0.15) is 11.3 Å². The van der Waals surface area contributed by atoms with Crippen molar-refractivity contribution >= 4 is 11.3 Å². The largest absolute Gasteiger partial charge is 0.313 e. The standard InChI is InChI=1S/C12H22N2S/c1-10(2)14-8-11(3)13-6-4-12-5-7-15-9-12/h5,7,9-11,13-14H,4,6,8H2,1-3H3. The Labute approximate surface area is 97.1 Å². The molecular formula is C12H22N2S. The first-order valence-corrected chi connectivity index (χ1v) is 6.60. The van der Waals surface area contributed by atoms with Gasteiger partial charge in [0.1, 0.15) is 0 Å². The van der Waals surface area contributed by atoms with Gasteiger partial charge in [0.25, 0.3) is 0 Å². The smallest absolute Gasteiger partial charge is 0.0164 e. The predicted molar refractivity (Wildman–Crippen MR) is 68.6 cm³/mol. The molecule has 1 aromatic rings. The Bertz CT molecular complexity index is 244. The quantitative estimate of drug-likeness (QED) is 0.745. The van der Waals surface area contributed by atoms with Crippen LogP contribution in [0.15, 0.2) is 16.8 Å². The van der Waals surface area contributed by atoms with Gasteiger partial charge in [-0.05, 0) is 42.3 Å². The number of rotatable bonds is 7. The lowest BCUT2D eigenvalue weighted by molar-refractivity contribution is 0.477. The van der Waals surface area contributed by atoms with E-state index in [9.17, 15) is 0 Å². The van der Waals surface area contributed by atoms with Gasteiger partial charge in [-0.15, -0.1) is 0 Å². The van der Waals surface area contributed by atoms with E-state index in [1.54, 1.807) is 11.3 Å². The van der Waals surface area contributed by atoms with Crippen molar-refractivity contribution in [3.63, 3.8) is 0 Å². The number of nitrogens with one attached hydrogen (secondary N) is 2. The molecule has 2 nitrogen and oxygen atoms in total. The summed E-state index contributed by atoms with van der Waals surface area (Å²) in [7, 11) is 0. The second-order valence-electron chi connectivity index (χ2n) is 4.30.